The zero-order chi connectivity index (χ0) is 14.8. The first kappa shape index (κ1) is 14.2. The fourth-order valence-electron chi connectivity index (χ4n) is 2.63. The molecule has 0 atom stereocenters. The lowest BCUT2D eigenvalue weighted by molar-refractivity contribution is 0.0611. The van der Waals surface area contributed by atoms with Crippen LogP contribution in [0.15, 0.2) is 35.1 Å². The Balaban J connectivity index is 1.58. The highest BCUT2D eigenvalue weighted by Gasteiger charge is 2.24. The molecule has 1 saturated heterocycles. The molecule has 0 bridgehead atoms. The summed E-state index contributed by atoms with van der Waals surface area (Å²) in [4.78, 5) is 16.6. The number of hydrogen-bond donors (Lipinski definition) is 0. The Bertz CT molecular complexity index is 613. The van der Waals surface area contributed by atoms with Crippen LogP contribution in [-0.2, 0) is 13.6 Å². The smallest absolute Gasteiger partial charge is 0.270 e. The highest BCUT2D eigenvalue weighted by molar-refractivity contribution is 6.31. The van der Waals surface area contributed by atoms with E-state index in [4.69, 9.17) is 16.0 Å². The lowest BCUT2D eigenvalue weighted by Gasteiger charge is -2.34. The van der Waals surface area contributed by atoms with E-state index in [-0.39, 0.29) is 5.91 Å². The summed E-state index contributed by atoms with van der Waals surface area (Å²) in [7, 11) is 1.84. The van der Waals surface area contributed by atoms with E-state index in [1.807, 2.05) is 24.1 Å². The van der Waals surface area contributed by atoms with Crippen LogP contribution in [0.2, 0.25) is 5.02 Å². The summed E-state index contributed by atoms with van der Waals surface area (Å²) >= 11 is 5.94. The monoisotopic (exact) mass is 307 g/mol. The summed E-state index contributed by atoms with van der Waals surface area (Å²) < 4.78 is 7.14. The Labute approximate surface area is 128 Å². The maximum atomic E-state index is 12.5. The van der Waals surface area contributed by atoms with Crippen molar-refractivity contribution in [1.82, 2.24) is 14.4 Å². The van der Waals surface area contributed by atoms with Crippen molar-refractivity contribution in [1.29, 1.82) is 0 Å². The van der Waals surface area contributed by atoms with E-state index >= 15 is 0 Å². The molecular formula is C15H18ClN3O2. The number of rotatable bonds is 3. The fourth-order valence-corrected chi connectivity index (χ4v) is 2.88. The lowest BCUT2D eigenvalue weighted by Crippen LogP contribution is -2.48. The minimum Gasteiger partial charge on any atom is -0.468 e. The molecule has 6 heteroatoms. The van der Waals surface area contributed by atoms with Gasteiger partial charge in [-0.1, -0.05) is 11.6 Å². The number of nitrogens with zero attached hydrogens (tertiary/aromatic N) is 3. The third-order valence-electron chi connectivity index (χ3n) is 3.81. The van der Waals surface area contributed by atoms with Crippen molar-refractivity contribution >= 4 is 17.5 Å². The van der Waals surface area contributed by atoms with E-state index in [1.54, 1.807) is 23.1 Å². The van der Waals surface area contributed by atoms with Gasteiger partial charge in [-0.05, 0) is 18.2 Å². The SMILES string of the molecule is Cn1cc(Cl)cc1C(=O)N1CCN(Cc2ccco2)CC1. The predicted octanol–water partition coefficient (Wildman–Crippen LogP) is 2.23. The van der Waals surface area contributed by atoms with E-state index in [9.17, 15) is 4.79 Å². The molecule has 1 fully saturated rings. The van der Waals surface area contributed by atoms with Crippen LogP contribution in [0, 0.1) is 0 Å². The van der Waals surface area contributed by atoms with Crippen LogP contribution >= 0.6 is 11.6 Å². The maximum Gasteiger partial charge on any atom is 0.270 e. The molecule has 112 valence electrons. The largest absolute Gasteiger partial charge is 0.468 e. The van der Waals surface area contributed by atoms with Crippen LogP contribution in [0.1, 0.15) is 16.2 Å². The topological polar surface area (TPSA) is 41.6 Å². The summed E-state index contributed by atoms with van der Waals surface area (Å²) in [5.41, 5.74) is 0.638. The summed E-state index contributed by atoms with van der Waals surface area (Å²) in [6.45, 7) is 3.95. The van der Waals surface area contributed by atoms with Gasteiger partial charge in [0, 0.05) is 39.4 Å². The molecule has 1 amide bonds. The molecule has 1 aliphatic rings. The van der Waals surface area contributed by atoms with Gasteiger partial charge in [0.15, 0.2) is 0 Å². The second-order valence-electron chi connectivity index (χ2n) is 5.30. The zero-order valence-electron chi connectivity index (χ0n) is 12.0. The average molecular weight is 308 g/mol. The molecule has 1 aliphatic heterocycles. The summed E-state index contributed by atoms with van der Waals surface area (Å²) in [6, 6.07) is 5.59. The maximum absolute atomic E-state index is 12.5. The number of carbonyl (C=O) groups is 1. The number of aryl methyl sites for hydroxylation is 1. The molecule has 5 nitrogen and oxygen atoms in total. The van der Waals surface area contributed by atoms with E-state index in [1.165, 1.54) is 0 Å². The predicted molar refractivity (Wildman–Crippen MR) is 80.3 cm³/mol. The van der Waals surface area contributed by atoms with Gasteiger partial charge in [0.2, 0.25) is 0 Å². The quantitative estimate of drug-likeness (QED) is 0.873. The minimum atomic E-state index is 0.0436. The molecule has 3 rings (SSSR count). The number of aromatic nitrogens is 1. The second-order valence-corrected chi connectivity index (χ2v) is 5.74. The molecule has 0 aromatic carbocycles. The lowest BCUT2D eigenvalue weighted by atomic mass is 10.2. The molecule has 0 saturated carbocycles. The second kappa shape index (κ2) is 5.95. The van der Waals surface area contributed by atoms with E-state index < -0.39 is 0 Å². The Morgan fingerprint density at radius 3 is 2.67 bits per heavy atom. The molecule has 3 heterocycles. The van der Waals surface area contributed by atoms with Crippen molar-refractivity contribution in [2.24, 2.45) is 7.05 Å². The molecular weight excluding hydrogens is 290 g/mol. The Kier molecular flexibility index (Phi) is 4.03. The first-order valence-corrected chi connectivity index (χ1v) is 7.37. The van der Waals surface area contributed by atoms with Gasteiger partial charge in [0.25, 0.3) is 5.91 Å². The first-order valence-electron chi connectivity index (χ1n) is 6.99. The highest BCUT2D eigenvalue weighted by atomic mass is 35.5. The van der Waals surface area contributed by atoms with Crippen LogP contribution in [0.4, 0.5) is 0 Å². The van der Waals surface area contributed by atoms with Gasteiger partial charge in [0.1, 0.15) is 11.5 Å². The summed E-state index contributed by atoms with van der Waals surface area (Å²) in [5, 5.41) is 0.595. The molecule has 0 unspecified atom stereocenters. The van der Waals surface area contributed by atoms with Crippen molar-refractivity contribution in [3.05, 3.63) is 47.1 Å². The zero-order valence-corrected chi connectivity index (χ0v) is 12.7. The Morgan fingerprint density at radius 1 is 1.33 bits per heavy atom. The van der Waals surface area contributed by atoms with Crippen molar-refractivity contribution in [3.8, 4) is 0 Å². The molecule has 0 N–H and O–H groups in total. The van der Waals surface area contributed by atoms with Gasteiger partial charge in [-0.15, -0.1) is 0 Å². The number of halogens is 1. The van der Waals surface area contributed by atoms with Crippen LogP contribution in [0.5, 0.6) is 0 Å². The van der Waals surface area contributed by atoms with E-state index in [2.05, 4.69) is 4.90 Å². The third-order valence-corrected chi connectivity index (χ3v) is 4.02. The van der Waals surface area contributed by atoms with E-state index in [0.29, 0.717) is 10.7 Å². The molecule has 0 spiro atoms. The van der Waals surface area contributed by atoms with Gasteiger partial charge >= 0.3 is 0 Å². The fraction of sp³-hybridized carbons (Fsp3) is 0.400. The molecule has 21 heavy (non-hydrogen) atoms. The number of furan rings is 1. The number of amides is 1. The third kappa shape index (κ3) is 3.14. The number of hydrogen-bond acceptors (Lipinski definition) is 3. The van der Waals surface area contributed by atoms with Crippen molar-refractivity contribution in [2.45, 2.75) is 6.54 Å². The standard InChI is InChI=1S/C15H18ClN3O2/c1-17-10-12(16)9-14(17)15(20)19-6-4-18(5-7-19)11-13-3-2-8-21-13/h2-3,8-10H,4-7,11H2,1H3. The van der Waals surface area contributed by atoms with Gasteiger partial charge in [-0.3, -0.25) is 9.69 Å². The summed E-state index contributed by atoms with van der Waals surface area (Å²) in [6.07, 6.45) is 3.44. The van der Waals surface area contributed by atoms with Crippen LogP contribution in [0.3, 0.4) is 0 Å². The van der Waals surface area contributed by atoms with Crippen LogP contribution in [0.25, 0.3) is 0 Å². The molecule has 2 aromatic heterocycles. The van der Waals surface area contributed by atoms with E-state index in [0.717, 1.165) is 38.5 Å². The number of piperazine rings is 1. The van der Waals surface area contributed by atoms with Crippen molar-refractivity contribution < 1.29 is 9.21 Å². The van der Waals surface area contributed by atoms with Crippen LogP contribution < -0.4 is 0 Å². The Hall–Kier alpha value is -1.72. The molecule has 0 aliphatic carbocycles. The highest BCUT2D eigenvalue weighted by Crippen LogP contribution is 2.16. The Morgan fingerprint density at radius 2 is 2.10 bits per heavy atom. The summed E-state index contributed by atoms with van der Waals surface area (Å²) in [5.74, 6) is 1.01. The first-order chi connectivity index (χ1) is 10.1. The van der Waals surface area contributed by atoms with Crippen LogP contribution in [-0.4, -0.2) is 46.5 Å². The van der Waals surface area contributed by atoms with Crippen molar-refractivity contribution in [3.63, 3.8) is 0 Å². The molecule has 2 aromatic rings. The van der Waals surface area contributed by atoms with Gasteiger partial charge in [0.05, 0.1) is 17.8 Å². The minimum absolute atomic E-state index is 0.0436. The number of carbonyl (C=O) groups excluding carboxylic acids is 1. The van der Waals surface area contributed by atoms with Gasteiger partial charge in [-0.2, -0.15) is 0 Å². The normalized spacial score (nSPS) is 16.4. The van der Waals surface area contributed by atoms with Gasteiger partial charge in [-0.25, -0.2) is 0 Å². The average Bonchev–Trinajstić information content (AvgIpc) is 3.08. The van der Waals surface area contributed by atoms with Gasteiger partial charge < -0.3 is 13.9 Å². The molecule has 0 radical (unpaired) electrons. The van der Waals surface area contributed by atoms with Crippen molar-refractivity contribution in [2.75, 3.05) is 26.2 Å².